The van der Waals surface area contributed by atoms with Crippen molar-refractivity contribution in [1.29, 1.82) is 0 Å². The molecular weight excluding hydrogens is 184 g/mol. The summed E-state index contributed by atoms with van der Waals surface area (Å²) >= 11 is 0. The van der Waals surface area contributed by atoms with E-state index in [1.165, 1.54) is 29.8 Å². The SMILES string of the molecule is Cc1nn(C(C)C)c(C2CC2)c1C(C)C. The van der Waals surface area contributed by atoms with Gasteiger partial charge in [0, 0.05) is 17.7 Å². The molecule has 0 unspecified atom stereocenters. The van der Waals surface area contributed by atoms with Crippen molar-refractivity contribution in [2.45, 2.75) is 65.3 Å². The standard InChI is InChI=1S/C13H22N2/c1-8(2)12-10(5)14-15(9(3)4)13(12)11-6-7-11/h8-9,11H,6-7H2,1-5H3. The molecular formula is C13H22N2. The van der Waals surface area contributed by atoms with Crippen LogP contribution in [0, 0.1) is 6.92 Å². The molecule has 1 aliphatic carbocycles. The Bertz CT molecular complexity index is 357. The maximum absolute atomic E-state index is 4.71. The number of rotatable bonds is 3. The topological polar surface area (TPSA) is 17.8 Å². The van der Waals surface area contributed by atoms with Gasteiger partial charge in [0.2, 0.25) is 0 Å². The molecule has 2 rings (SSSR count). The first-order valence-corrected chi connectivity index (χ1v) is 6.11. The van der Waals surface area contributed by atoms with Gasteiger partial charge in [0.05, 0.1) is 5.69 Å². The first-order valence-electron chi connectivity index (χ1n) is 6.11. The van der Waals surface area contributed by atoms with Crippen LogP contribution in [0.25, 0.3) is 0 Å². The van der Waals surface area contributed by atoms with Crippen molar-refractivity contribution in [2.24, 2.45) is 0 Å². The monoisotopic (exact) mass is 206 g/mol. The molecule has 2 nitrogen and oxygen atoms in total. The molecule has 2 heteroatoms. The van der Waals surface area contributed by atoms with E-state index in [0.717, 1.165) is 5.92 Å². The lowest BCUT2D eigenvalue weighted by Crippen LogP contribution is -2.08. The zero-order chi connectivity index (χ0) is 11.2. The van der Waals surface area contributed by atoms with Gasteiger partial charge in [-0.15, -0.1) is 0 Å². The molecule has 1 heterocycles. The Morgan fingerprint density at radius 3 is 2.20 bits per heavy atom. The van der Waals surface area contributed by atoms with Crippen LogP contribution in [0.2, 0.25) is 0 Å². The Labute approximate surface area is 92.7 Å². The van der Waals surface area contributed by atoms with Gasteiger partial charge < -0.3 is 0 Å². The number of hydrogen-bond acceptors (Lipinski definition) is 1. The van der Waals surface area contributed by atoms with E-state index in [2.05, 4.69) is 39.3 Å². The van der Waals surface area contributed by atoms with Gasteiger partial charge >= 0.3 is 0 Å². The lowest BCUT2D eigenvalue weighted by atomic mass is 9.98. The van der Waals surface area contributed by atoms with Gasteiger partial charge in [0.1, 0.15) is 0 Å². The Balaban J connectivity index is 2.52. The molecule has 0 atom stereocenters. The molecule has 0 aromatic carbocycles. The Morgan fingerprint density at radius 2 is 1.80 bits per heavy atom. The van der Waals surface area contributed by atoms with Crippen molar-refractivity contribution >= 4 is 0 Å². The highest BCUT2D eigenvalue weighted by atomic mass is 15.3. The van der Waals surface area contributed by atoms with E-state index in [-0.39, 0.29) is 0 Å². The molecule has 1 aliphatic rings. The quantitative estimate of drug-likeness (QED) is 0.736. The van der Waals surface area contributed by atoms with E-state index >= 15 is 0 Å². The van der Waals surface area contributed by atoms with E-state index in [4.69, 9.17) is 5.10 Å². The van der Waals surface area contributed by atoms with Crippen LogP contribution < -0.4 is 0 Å². The summed E-state index contributed by atoms with van der Waals surface area (Å²) in [6.07, 6.45) is 2.72. The first-order chi connectivity index (χ1) is 7.02. The van der Waals surface area contributed by atoms with Gasteiger partial charge in [-0.3, -0.25) is 4.68 Å². The van der Waals surface area contributed by atoms with E-state index in [9.17, 15) is 0 Å². The summed E-state index contributed by atoms with van der Waals surface area (Å²) in [4.78, 5) is 0. The predicted octanol–water partition coefficient (Wildman–Crippen LogP) is 3.77. The Hall–Kier alpha value is -0.790. The second-order valence-electron chi connectivity index (χ2n) is 5.35. The fourth-order valence-electron chi connectivity index (χ4n) is 2.45. The Kier molecular flexibility index (Phi) is 2.61. The van der Waals surface area contributed by atoms with Crippen LogP contribution in [0.3, 0.4) is 0 Å². The fraction of sp³-hybridized carbons (Fsp3) is 0.769. The minimum atomic E-state index is 0.492. The molecule has 1 fully saturated rings. The number of aromatic nitrogens is 2. The highest BCUT2D eigenvalue weighted by Crippen LogP contribution is 2.44. The zero-order valence-corrected chi connectivity index (χ0v) is 10.5. The van der Waals surface area contributed by atoms with Gasteiger partial charge in [0.25, 0.3) is 0 Å². The zero-order valence-electron chi connectivity index (χ0n) is 10.5. The van der Waals surface area contributed by atoms with Crippen molar-refractivity contribution in [3.8, 4) is 0 Å². The minimum Gasteiger partial charge on any atom is -0.266 e. The van der Waals surface area contributed by atoms with E-state index in [1.807, 2.05) is 0 Å². The summed E-state index contributed by atoms with van der Waals surface area (Å²) in [5.74, 6) is 1.40. The number of nitrogens with zero attached hydrogens (tertiary/aromatic N) is 2. The second-order valence-corrected chi connectivity index (χ2v) is 5.35. The van der Waals surface area contributed by atoms with Crippen LogP contribution >= 0.6 is 0 Å². The molecule has 1 aromatic rings. The largest absolute Gasteiger partial charge is 0.266 e. The summed E-state index contributed by atoms with van der Waals surface area (Å²) < 4.78 is 2.25. The number of aryl methyl sites for hydroxylation is 1. The summed E-state index contributed by atoms with van der Waals surface area (Å²) in [6, 6.07) is 0.492. The van der Waals surface area contributed by atoms with Gasteiger partial charge in [-0.25, -0.2) is 0 Å². The molecule has 0 saturated heterocycles. The van der Waals surface area contributed by atoms with Crippen LogP contribution in [-0.4, -0.2) is 9.78 Å². The molecule has 0 radical (unpaired) electrons. The van der Waals surface area contributed by atoms with E-state index in [0.29, 0.717) is 12.0 Å². The van der Waals surface area contributed by atoms with Crippen molar-refractivity contribution < 1.29 is 0 Å². The van der Waals surface area contributed by atoms with Crippen molar-refractivity contribution in [3.63, 3.8) is 0 Å². The van der Waals surface area contributed by atoms with E-state index < -0.39 is 0 Å². The molecule has 0 N–H and O–H groups in total. The highest BCUT2D eigenvalue weighted by Gasteiger charge is 2.32. The van der Waals surface area contributed by atoms with Crippen LogP contribution in [0.4, 0.5) is 0 Å². The molecule has 0 bridgehead atoms. The van der Waals surface area contributed by atoms with Gasteiger partial charge in [-0.1, -0.05) is 13.8 Å². The van der Waals surface area contributed by atoms with Crippen molar-refractivity contribution in [2.75, 3.05) is 0 Å². The highest BCUT2D eigenvalue weighted by molar-refractivity contribution is 5.34. The van der Waals surface area contributed by atoms with Crippen molar-refractivity contribution in [1.82, 2.24) is 9.78 Å². The molecule has 1 aromatic heterocycles. The van der Waals surface area contributed by atoms with Crippen LogP contribution in [0.5, 0.6) is 0 Å². The molecule has 1 saturated carbocycles. The maximum Gasteiger partial charge on any atom is 0.0631 e. The maximum atomic E-state index is 4.71. The summed E-state index contributed by atoms with van der Waals surface area (Å²) in [5, 5.41) is 4.71. The minimum absolute atomic E-state index is 0.492. The average molecular weight is 206 g/mol. The third-order valence-corrected chi connectivity index (χ3v) is 3.20. The van der Waals surface area contributed by atoms with Crippen LogP contribution in [-0.2, 0) is 0 Å². The second kappa shape index (κ2) is 3.66. The third kappa shape index (κ3) is 1.82. The molecule has 15 heavy (non-hydrogen) atoms. The summed E-state index contributed by atoms with van der Waals surface area (Å²) in [7, 11) is 0. The average Bonchev–Trinajstić information content (AvgIpc) is 2.88. The smallest absolute Gasteiger partial charge is 0.0631 e. The summed E-state index contributed by atoms with van der Waals surface area (Å²) in [6.45, 7) is 11.2. The number of hydrogen-bond donors (Lipinski definition) is 0. The first kappa shape index (κ1) is 10.7. The predicted molar refractivity (Wildman–Crippen MR) is 63.4 cm³/mol. The fourth-order valence-corrected chi connectivity index (χ4v) is 2.45. The van der Waals surface area contributed by atoms with E-state index in [1.54, 1.807) is 0 Å². The van der Waals surface area contributed by atoms with Crippen molar-refractivity contribution in [3.05, 3.63) is 17.0 Å². The van der Waals surface area contributed by atoms with Gasteiger partial charge in [-0.2, -0.15) is 5.10 Å². The molecule has 0 amide bonds. The van der Waals surface area contributed by atoms with Gasteiger partial charge in [-0.05, 0) is 45.1 Å². The molecule has 0 aliphatic heterocycles. The van der Waals surface area contributed by atoms with Gasteiger partial charge in [0.15, 0.2) is 0 Å². The normalized spacial score (nSPS) is 16.7. The molecule has 0 spiro atoms. The van der Waals surface area contributed by atoms with Crippen LogP contribution in [0.15, 0.2) is 0 Å². The van der Waals surface area contributed by atoms with Crippen LogP contribution in [0.1, 0.15) is 75.4 Å². The Morgan fingerprint density at radius 1 is 1.20 bits per heavy atom. The lowest BCUT2D eigenvalue weighted by molar-refractivity contribution is 0.505. The lowest BCUT2D eigenvalue weighted by Gasteiger charge is -2.13. The molecule has 84 valence electrons. The third-order valence-electron chi connectivity index (χ3n) is 3.20. The summed E-state index contributed by atoms with van der Waals surface area (Å²) in [5.41, 5.74) is 4.27.